The van der Waals surface area contributed by atoms with E-state index in [0.717, 1.165) is 6.16 Å². The second kappa shape index (κ2) is 4.55. The first-order valence-corrected chi connectivity index (χ1v) is 6.04. The summed E-state index contributed by atoms with van der Waals surface area (Å²) in [5.74, 6) is 0.296. The lowest BCUT2D eigenvalue weighted by molar-refractivity contribution is 0.162. The third-order valence-electron chi connectivity index (χ3n) is 2.37. The summed E-state index contributed by atoms with van der Waals surface area (Å²) in [5, 5.41) is 0. The Balaban J connectivity index is 4.19. The van der Waals surface area contributed by atoms with Gasteiger partial charge in [-0.3, -0.25) is 4.90 Å². The summed E-state index contributed by atoms with van der Waals surface area (Å²) in [6, 6.07) is 0. The van der Waals surface area contributed by atoms with Gasteiger partial charge < -0.3 is 4.89 Å². The highest BCUT2D eigenvalue weighted by atomic mass is 31.1. The van der Waals surface area contributed by atoms with Gasteiger partial charge in [-0.25, -0.2) is 0 Å². The van der Waals surface area contributed by atoms with Gasteiger partial charge in [-0.05, 0) is 40.9 Å². The van der Waals surface area contributed by atoms with E-state index in [4.69, 9.17) is 0 Å². The van der Waals surface area contributed by atoms with Crippen LogP contribution in [0.5, 0.6) is 0 Å². The smallest absolute Gasteiger partial charge is 0.0512 e. The quantitative estimate of drug-likeness (QED) is 0.693. The van der Waals surface area contributed by atoms with E-state index in [9.17, 15) is 4.89 Å². The molecular weight excluding hydrogens is 169 g/mol. The molecule has 1 N–H and O–H groups in total. The molecule has 0 bridgehead atoms. The van der Waals surface area contributed by atoms with Crippen LogP contribution < -0.4 is 0 Å². The molecule has 74 valence electrons. The van der Waals surface area contributed by atoms with Gasteiger partial charge in [-0.15, -0.1) is 0 Å². The molecule has 12 heavy (non-hydrogen) atoms. The third kappa shape index (κ3) is 3.38. The van der Waals surface area contributed by atoms with Gasteiger partial charge in [0.1, 0.15) is 0 Å². The zero-order chi connectivity index (χ0) is 9.94. The molecular formula is C9H22NOP. The van der Waals surface area contributed by atoms with Crippen molar-refractivity contribution in [3.05, 3.63) is 0 Å². The second-order valence-electron chi connectivity index (χ2n) is 4.17. The second-order valence-corrected chi connectivity index (χ2v) is 6.43. The first-order valence-electron chi connectivity index (χ1n) is 4.49. The van der Waals surface area contributed by atoms with Crippen molar-refractivity contribution in [1.29, 1.82) is 0 Å². The fourth-order valence-corrected chi connectivity index (χ4v) is 2.30. The molecule has 3 heteroatoms. The molecule has 0 rings (SSSR count). The van der Waals surface area contributed by atoms with Gasteiger partial charge in [-0.2, -0.15) is 0 Å². The number of hydrogen-bond donors (Lipinski definition) is 1. The Bertz CT molecular complexity index is 133. The molecule has 0 saturated carbocycles. The monoisotopic (exact) mass is 191 g/mol. The third-order valence-corrected chi connectivity index (χ3v) is 4.23. The topological polar surface area (TPSA) is 23.5 Å². The summed E-state index contributed by atoms with van der Waals surface area (Å²) in [4.78, 5) is 11.9. The Morgan fingerprint density at radius 2 is 1.83 bits per heavy atom. The van der Waals surface area contributed by atoms with Crippen molar-refractivity contribution in [2.45, 2.75) is 45.9 Å². The average Bonchev–Trinajstić information content (AvgIpc) is 1.98. The Labute approximate surface area is 77.8 Å². The SMILES string of the molecule is CCP(O)C(C)N(C)C(C)(C)C. The standard InChI is InChI=1S/C9H22NOP/c1-7-12(11)8(2)10(6)9(3,4)5/h8,11H,7H2,1-6H3. The summed E-state index contributed by atoms with van der Waals surface area (Å²) >= 11 is 0. The summed E-state index contributed by atoms with van der Waals surface area (Å²) in [6.07, 6.45) is 0.886. The summed E-state index contributed by atoms with van der Waals surface area (Å²) in [7, 11) is 1.26. The fraction of sp³-hybridized carbons (Fsp3) is 1.00. The molecule has 0 aliphatic heterocycles. The molecule has 0 aromatic rings. The van der Waals surface area contributed by atoms with Gasteiger partial charge in [0.25, 0.3) is 0 Å². The normalized spacial score (nSPS) is 18.0. The highest BCUT2D eigenvalue weighted by molar-refractivity contribution is 7.52. The van der Waals surface area contributed by atoms with Crippen LogP contribution in [0.15, 0.2) is 0 Å². The predicted molar refractivity (Wildman–Crippen MR) is 56.7 cm³/mol. The number of rotatable bonds is 3. The molecule has 0 aliphatic carbocycles. The van der Waals surface area contributed by atoms with Crippen LogP contribution in [0.1, 0.15) is 34.6 Å². The van der Waals surface area contributed by atoms with Crippen LogP contribution >= 0.6 is 8.15 Å². The Morgan fingerprint density at radius 3 is 2.08 bits per heavy atom. The van der Waals surface area contributed by atoms with Gasteiger partial charge in [0.2, 0.25) is 0 Å². The minimum atomic E-state index is -0.817. The van der Waals surface area contributed by atoms with E-state index in [1.807, 2.05) is 6.92 Å². The molecule has 0 radical (unpaired) electrons. The number of hydrogen-bond acceptors (Lipinski definition) is 2. The molecule has 2 unspecified atom stereocenters. The predicted octanol–water partition coefficient (Wildman–Crippen LogP) is 2.47. The van der Waals surface area contributed by atoms with Crippen LogP contribution in [-0.2, 0) is 0 Å². The molecule has 0 saturated heterocycles. The van der Waals surface area contributed by atoms with Crippen molar-refractivity contribution >= 4 is 8.15 Å². The summed E-state index contributed by atoms with van der Waals surface area (Å²) in [6.45, 7) is 10.6. The molecule has 2 nitrogen and oxygen atoms in total. The van der Waals surface area contributed by atoms with Crippen LogP contribution in [0.4, 0.5) is 0 Å². The lowest BCUT2D eigenvalue weighted by Crippen LogP contribution is -2.43. The minimum absolute atomic E-state index is 0.151. The van der Waals surface area contributed by atoms with Gasteiger partial charge in [-0.1, -0.05) is 6.92 Å². The van der Waals surface area contributed by atoms with E-state index in [0.29, 0.717) is 5.78 Å². The fourth-order valence-electron chi connectivity index (χ4n) is 1.02. The van der Waals surface area contributed by atoms with E-state index < -0.39 is 8.15 Å². The molecule has 2 atom stereocenters. The van der Waals surface area contributed by atoms with Crippen molar-refractivity contribution in [2.75, 3.05) is 13.2 Å². The molecule has 0 aromatic heterocycles. The van der Waals surface area contributed by atoms with E-state index in [1.54, 1.807) is 0 Å². The van der Waals surface area contributed by atoms with Crippen LogP contribution in [0.2, 0.25) is 0 Å². The lowest BCUT2D eigenvalue weighted by atomic mass is 10.1. The zero-order valence-electron chi connectivity index (χ0n) is 9.13. The molecule has 0 heterocycles. The Hall–Kier alpha value is 0.350. The summed E-state index contributed by atoms with van der Waals surface area (Å²) < 4.78 is 0. The highest BCUT2D eigenvalue weighted by Gasteiger charge is 2.26. The van der Waals surface area contributed by atoms with Crippen molar-refractivity contribution in [3.8, 4) is 0 Å². The van der Waals surface area contributed by atoms with E-state index >= 15 is 0 Å². The largest absolute Gasteiger partial charge is 0.372 e. The Kier molecular flexibility index (Phi) is 4.68. The molecule has 0 amide bonds. The maximum atomic E-state index is 9.68. The van der Waals surface area contributed by atoms with Gasteiger partial charge >= 0.3 is 0 Å². The maximum Gasteiger partial charge on any atom is 0.0512 e. The van der Waals surface area contributed by atoms with Crippen LogP contribution in [0.3, 0.4) is 0 Å². The number of nitrogens with zero attached hydrogens (tertiary/aromatic N) is 1. The van der Waals surface area contributed by atoms with E-state index in [-0.39, 0.29) is 5.54 Å². The lowest BCUT2D eigenvalue weighted by Gasteiger charge is -2.38. The molecule has 0 fully saturated rings. The molecule has 0 spiro atoms. The highest BCUT2D eigenvalue weighted by Crippen LogP contribution is 2.39. The van der Waals surface area contributed by atoms with Crippen molar-refractivity contribution in [2.24, 2.45) is 0 Å². The van der Waals surface area contributed by atoms with Gasteiger partial charge in [0, 0.05) is 13.7 Å². The van der Waals surface area contributed by atoms with E-state index in [2.05, 4.69) is 39.6 Å². The minimum Gasteiger partial charge on any atom is -0.372 e. The van der Waals surface area contributed by atoms with Crippen molar-refractivity contribution < 1.29 is 4.89 Å². The first-order chi connectivity index (χ1) is 5.30. The van der Waals surface area contributed by atoms with Gasteiger partial charge in [0.15, 0.2) is 0 Å². The maximum absolute atomic E-state index is 9.68. The van der Waals surface area contributed by atoms with E-state index in [1.165, 1.54) is 0 Å². The van der Waals surface area contributed by atoms with Crippen molar-refractivity contribution in [1.82, 2.24) is 4.90 Å². The first kappa shape index (κ1) is 12.3. The molecule has 0 aliphatic rings. The molecule has 0 aromatic carbocycles. The van der Waals surface area contributed by atoms with Crippen LogP contribution in [-0.4, -0.2) is 34.3 Å². The zero-order valence-corrected chi connectivity index (χ0v) is 10.0. The summed E-state index contributed by atoms with van der Waals surface area (Å²) in [5.41, 5.74) is 0.151. The van der Waals surface area contributed by atoms with Crippen molar-refractivity contribution in [3.63, 3.8) is 0 Å². The Morgan fingerprint density at radius 1 is 1.42 bits per heavy atom. The van der Waals surface area contributed by atoms with Crippen LogP contribution in [0, 0.1) is 0 Å². The average molecular weight is 191 g/mol. The van der Waals surface area contributed by atoms with Gasteiger partial charge in [0.05, 0.1) is 5.78 Å². The van der Waals surface area contributed by atoms with Crippen LogP contribution in [0.25, 0.3) is 0 Å².